The number of anilines is 1. The minimum Gasteiger partial charge on any atom is -0.379 e. The van der Waals surface area contributed by atoms with Crippen LogP contribution in [0.2, 0.25) is 0 Å². The predicted molar refractivity (Wildman–Crippen MR) is 93.3 cm³/mol. The number of hydrogen-bond donors (Lipinski definition) is 2. The monoisotopic (exact) mass is 328 g/mol. The van der Waals surface area contributed by atoms with Gasteiger partial charge in [-0.1, -0.05) is 18.1 Å². The Morgan fingerprint density at radius 1 is 1.29 bits per heavy atom. The molecule has 0 fully saturated rings. The third-order valence-corrected chi connectivity index (χ3v) is 4.35. The van der Waals surface area contributed by atoms with Gasteiger partial charge in [-0.25, -0.2) is 4.98 Å². The van der Waals surface area contributed by atoms with E-state index in [4.69, 9.17) is 0 Å². The number of nitro groups is 1. The SMILES string of the molecule is O=c1[nH]cnc2cc(NCCC3=CCCCCC3)c([N+](=O)[O-])cc12. The Balaban J connectivity index is 1.80. The van der Waals surface area contributed by atoms with Gasteiger partial charge in [-0.05, 0) is 38.2 Å². The van der Waals surface area contributed by atoms with Gasteiger partial charge < -0.3 is 10.3 Å². The molecule has 1 aromatic heterocycles. The number of aromatic nitrogens is 2. The number of fused-ring (bicyclic) bond motifs is 1. The van der Waals surface area contributed by atoms with Crippen LogP contribution in [-0.2, 0) is 0 Å². The lowest BCUT2D eigenvalue weighted by Gasteiger charge is -2.10. The van der Waals surface area contributed by atoms with Crippen molar-refractivity contribution in [3.8, 4) is 0 Å². The minimum absolute atomic E-state index is 0.101. The summed E-state index contributed by atoms with van der Waals surface area (Å²) in [6.07, 6.45) is 10.4. The molecule has 0 atom stereocenters. The minimum atomic E-state index is -0.473. The molecule has 0 bridgehead atoms. The summed E-state index contributed by atoms with van der Waals surface area (Å²) >= 11 is 0. The Bertz CT molecular complexity index is 841. The normalized spacial score (nSPS) is 14.9. The lowest BCUT2D eigenvalue weighted by atomic mass is 10.1. The zero-order chi connectivity index (χ0) is 16.9. The Kier molecular flexibility index (Phi) is 4.88. The molecule has 1 aromatic carbocycles. The quantitative estimate of drug-likeness (QED) is 0.497. The number of allylic oxidation sites excluding steroid dienone is 1. The average Bonchev–Trinajstić information content (AvgIpc) is 2.83. The zero-order valence-electron chi connectivity index (χ0n) is 13.4. The maximum Gasteiger partial charge on any atom is 0.293 e. The second kappa shape index (κ2) is 7.25. The van der Waals surface area contributed by atoms with E-state index in [9.17, 15) is 14.9 Å². The first-order valence-corrected chi connectivity index (χ1v) is 8.23. The number of nitrogens with zero attached hydrogens (tertiary/aromatic N) is 2. The summed E-state index contributed by atoms with van der Waals surface area (Å²) < 4.78 is 0. The van der Waals surface area contributed by atoms with Crippen LogP contribution in [0.1, 0.15) is 38.5 Å². The van der Waals surface area contributed by atoms with Crippen molar-refractivity contribution in [2.45, 2.75) is 38.5 Å². The molecule has 7 nitrogen and oxygen atoms in total. The van der Waals surface area contributed by atoms with Crippen LogP contribution in [0.4, 0.5) is 11.4 Å². The van der Waals surface area contributed by atoms with Gasteiger partial charge in [-0.3, -0.25) is 14.9 Å². The molecular weight excluding hydrogens is 308 g/mol. The van der Waals surface area contributed by atoms with Gasteiger partial charge in [0.25, 0.3) is 11.2 Å². The van der Waals surface area contributed by atoms with Crippen molar-refractivity contribution < 1.29 is 4.92 Å². The molecule has 0 saturated carbocycles. The van der Waals surface area contributed by atoms with Crippen LogP contribution in [0.5, 0.6) is 0 Å². The number of hydrogen-bond acceptors (Lipinski definition) is 5. The summed E-state index contributed by atoms with van der Waals surface area (Å²) in [5, 5.41) is 14.7. The van der Waals surface area contributed by atoms with Gasteiger partial charge in [-0.2, -0.15) is 0 Å². The third-order valence-electron chi connectivity index (χ3n) is 4.35. The van der Waals surface area contributed by atoms with Crippen molar-refractivity contribution in [3.63, 3.8) is 0 Å². The molecule has 7 heteroatoms. The smallest absolute Gasteiger partial charge is 0.293 e. The van der Waals surface area contributed by atoms with Crippen molar-refractivity contribution in [3.05, 3.63) is 50.6 Å². The maximum atomic E-state index is 11.8. The highest BCUT2D eigenvalue weighted by Crippen LogP contribution is 2.28. The summed E-state index contributed by atoms with van der Waals surface area (Å²) in [6.45, 7) is 0.626. The number of aromatic amines is 1. The van der Waals surface area contributed by atoms with Crippen molar-refractivity contribution >= 4 is 22.3 Å². The fourth-order valence-electron chi connectivity index (χ4n) is 3.06. The number of nitro benzene ring substituents is 1. The molecule has 0 spiro atoms. The van der Waals surface area contributed by atoms with E-state index in [0.717, 1.165) is 19.3 Å². The summed E-state index contributed by atoms with van der Waals surface area (Å²) in [5.41, 5.74) is 1.78. The first kappa shape index (κ1) is 16.2. The van der Waals surface area contributed by atoms with Crippen LogP contribution in [0.3, 0.4) is 0 Å². The van der Waals surface area contributed by atoms with Crippen molar-refractivity contribution in [1.82, 2.24) is 9.97 Å². The van der Waals surface area contributed by atoms with Crippen LogP contribution in [-0.4, -0.2) is 21.4 Å². The van der Waals surface area contributed by atoms with E-state index in [1.54, 1.807) is 6.07 Å². The second-order valence-corrected chi connectivity index (χ2v) is 6.01. The topological polar surface area (TPSA) is 101 Å². The lowest BCUT2D eigenvalue weighted by molar-refractivity contribution is -0.383. The standard InChI is InChI=1S/C17H20N4O3/c22-17-13-9-16(21(23)24)15(10-14(13)19-11-20-17)18-8-7-12-5-3-1-2-4-6-12/h5,9-11,18H,1-4,6-8H2,(H,19,20,22). The van der Waals surface area contributed by atoms with Crippen LogP contribution >= 0.6 is 0 Å². The molecule has 126 valence electrons. The number of H-pyrrole nitrogens is 1. The van der Waals surface area contributed by atoms with Crippen LogP contribution in [0.15, 0.2) is 34.9 Å². The summed E-state index contributed by atoms with van der Waals surface area (Å²) in [5.74, 6) is 0. The van der Waals surface area contributed by atoms with E-state index in [-0.39, 0.29) is 16.6 Å². The first-order chi connectivity index (χ1) is 11.6. The largest absolute Gasteiger partial charge is 0.379 e. The zero-order valence-corrected chi connectivity index (χ0v) is 13.4. The van der Waals surface area contributed by atoms with E-state index in [2.05, 4.69) is 21.4 Å². The summed E-state index contributed by atoms with van der Waals surface area (Å²) in [7, 11) is 0. The maximum absolute atomic E-state index is 11.8. The van der Waals surface area contributed by atoms with E-state index in [1.807, 2.05) is 0 Å². The fraction of sp³-hybridized carbons (Fsp3) is 0.412. The van der Waals surface area contributed by atoms with Gasteiger partial charge in [0.1, 0.15) is 5.69 Å². The molecule has 1 heterocycles. The number of nitrogens with one attached hydrogen (secondary N) is 2. The van der Waals surface area contributed by atoms with Crippen LogP contribution < -0.4 is 10.9 Å². The highest BCUT2D eigenvalue weighted by atomic mass is 16.6. The van der Waals surface area contributed by atoms with Gasteiger partial charge >= 0.3 is 0 Å². The molecular formula is C17H20N4O3. The average molecular weight is 328 g/mol. The van der Waals surface area contributed by atoms with Gasteiger partial charge in [0, 0.05) is 12.6 Å². The van der Waals surface area contributed by atoms with Crippen molar-refractivity contribution in [1.29, 1.82) is 0 Å². The number of rotatable bonds is 5. The van der Waals surface area contributed by atoms with E-state index in [1.165, 1.54) is 37.2 Å². The fourth-order valence-corrected chi connectivity index (χ4v) is 3.06. The highest BCUT2D eigenvalue weighted by molar-refractivity contribution is 5.86. The molecule has 1 aliphatic rings. The predicted octanol–water partition coefficient (Wildman–Crippen LogP) is 3.52. The summed E-state index contributed by atoms with van der Waals surface area (Å²) in [6, 6.07) is 2.86. The molecule has 0 saturated heterocycles. The lowest BCUT2D eigenvalue weighted by Crippen LogP contribution is -2.09. The Hall–Kier alpha value is -2.70. The molecule has 2 N–H and O–H groups in total. The van der Waals surface area contributed by atoms with E-state index in [0.29, 0.717) is 17.7 Å². The number of benzene rings is 1. The Morgan fingerprint density at radius 3 is 3.00 bits per heavy atom. The van der Waals surface area contributed by atoms with Crippen LogP contribution in [0, 0.1) is 10.1 Å². The van der Waals surface area contributed by atoms with Crippen molar-refractivity contribution in [2.24, 2.45) is 0 Å². The van der Waals surface area contributed by atoms with Gasteiger partial charge in [0.2, 0.25) is 0 Å². The summed E-state index contributed by atoms with van der Waals surface area (Å²) in [4.78, 5) is 29.1. The van der Waals surface area contributed by atoms with Gasteiger partial charge in [-0.15, -0.1) is 0 Å². The molecule has 2 aromatic rings. The van der Waals surface area contributed by atoms with Crippen LogP contribution in [0.25, 0.3) is 10.9 Å². The first-order valence-electron chi connectivity index (χ1n) is 8.23. The molecule has 0 amide bonds. The molecule has 0 unspecified atom stereocenters. The molecule has 0 aliphatic heterocycles. The van der Waals surface area contributed by atoms with Gasteiger partial charge in [0.05, 0.1) is 22.2 Å². The van der Waals surface area contributed by atoms with Crippen molar-refractivity contribution in [2.75, 3.05) is 11.9 Å². The molecule has 0 radical (unpaired) electrons. The Morgan fingerprint density at radius 2 is 2.17 bits per heavy atom. The third kappa shape index (κ3) is 3.61. The second-order valence-electron chi connectivity index (χ2n) is 6.01. The van der Waals surface area contributed by atoms with Gasteiger partial charge in [0.15, 0.2) is 0 Å². The highest BCUT2D eigenvalue weighted by Gasteiger charge is 2.17. The molecule has 1 aliphatic carbocycles. The van der Waals surface area contributed by atoms with E-state index >= 15 is 0 Å². The molecule has 3 rings (SSSR count). The Labute approximate surface area is 139 Å². The molecule has 24 heavy (non-hydrogen) atoms. The van der Waals surface area contributed by atoms with E-state index < -0.39 is 4.92 Å².